The van der Waals surface area contributed by atoms with Crippen molar-refractivity contribution >= 4 is 15.9 Å². The maximum absolute atomic E-state index is 10.3. The molecule has 0 aromatic heterocycles. The lowest BCUT2D eigenvalue weighted by molar-refractivity contribution is 0.0286. The third-order valence-electron chi connectivity index (χ3n) is 4.33. The van der Waals surface area contributed by atoms with Crippen molar-refractivity contribution in [2.75, 3.05) is 6.61 Å². The van der Waals surface area contributed by atoms with Crippen LogP contribution in [-0.2, 0) is 11.3 Å². The van der Waals surface area contributed by atoms with Crippen LogP contribution in [0.3, 0.4) is 0 Å². The van der Waals surface area contributed by atoms with Crippen molar-refractivity contribution in [3.05, 3.63) is 81.5 Å². The van der Waals surface area contributed by atoms with Crippen LogP contribution in [0.5, 0.6) is 5.75 Å². The summed E-state index contributed by atoms with van der Waals surface area (Å²) in [7, 11) is 0. The molecule has 0 amide bonds. The number of halogens is 1. The molecule has 5 heteroatoms. The summed E-state index contributed by atoms with van der Waals surface area (Å²) < 4.78 is 6.38. The van der Waals surface area contributed by atoms with E-state index in [1.807, 2.05) is 37.3 Å². The first-order valence-corrected chi connectivity index (χ1v) is 10.2. The molecule has 0 saturated carbocycles. The van der Waals surface area contributed by atoms with E-state index in [1.54, 1.807) is 24.3 Å². The molecule has 2 aromatic carbocycles. The van der Waals surface area contributed by atoms with Gasteiger partial charge in [0.05, 0.1) is 25.4 Å². The maximum Gasteiger partial charge on any atom is 0.121 e. The van der Waals surface area contributed by atoms with Gasteiger partial charge in [0.1, 0.15) is 5.75 Å². The van der Waals surface area contributed by atoms with Crippen LogP contribution in [-0.4, -0.2) is 28.0 Å². The molecule has 0 heterocycles. The van der Waals surface area contributed by atoms with Crippen molar-refractivity contribution in [1.29, 1.82) is 0 Å². The smallest absolute Gasteiger partial charge is 0.121 e. The molecular formula is C23H27BrO4. The molecule has 0 aliphatic rings. The van der Waals surface area contributed by atoms with Gasteiger partial charge in [0.25, 0.3) is 0 Å². The minimum Gasteiger partial charge on any atom is -0.508 e. The van der Waals surface area contributed by atoms with Crippen LogP contribution >= 0.6 is 15.9 Å². The van der Waals surface area contributed by atoms with Crippen molar-refractivity contribution in [2.45, 2.75) is 45.0 Å². The normalized spacial score (nSPS) is 12.9. The monoisotopic (exact) mass is 446 g/mol. The zero-order chi connectivity index (χ0) is 20.4. The first-order chi connectivity index (χ1) is 13.5. The quantitative estimate of drug-likeness (QED) is 0.447. The number of aliphatic hydroxyl groups is 2. The Hall–Kier alpha value is -1.88. The van der Waals surface area contributed by atoms with E-state index in [9.17, 15) is 15.3 Å². The van der Waals surface area contributed by atoms with Crippen LogP contribution in [0.25, 0.3) is 0 Å². The second-order valence-corrected chi connectivity index (χ2v) is 7.53. The zero-order valence-electron chi connectivity index (χ0n) is 16.0. The van der Waals surface area contributed by atoms with Crippen LogP contribution in [0, 0.1) is 0 Å². The Labute approximate surface area is 174 Å². The minimum absolute atomic E-state index is 0.0646. The Bertz CT molecular complexity index is 798. The second-order valence-electron chi connectivity index (χ2n) is 6.62. The molecule has 2 aromatic rings. The summed E-state index contributed by atoms with van der Waals surface area (Å²) >= 11 is 3.34. The number of hydrogen-bond acceptors (Lipinski definition) is 4. The largest absolute Gasteiger partial charge is 0.508 e. The van der Waals surface area contributed by atoms with Crippen molar-refractivity contribution in [2.24, 2.45) is 0 Å². The van der Waals surface area contributed by atoms with Crippen molar-refractivity contribution in [1.82, 2.24) is 0 Å². The molecule has 3 N–H and O–H groups in total. The summed E-state index contributed by atoms with van der Waals surface area (Å²) in [5, 5.41) is 30.4. The van der Waals surface area contributed by atoms with E-state index >= 15 is 0 Å². The Morgan fingerprint density at radius 2 is 1.93 bits per heavy atom. The fraction of sp³-hybridized carbons (Fsp3) is 0.348. The number of aromatic hydroxyl groups is 1. The second kappa shape index (κ2) is 11.8. The molecule has 0 bridgehead atoms. The number of phenols is 1. The van der Waals surface area contributed by atoms with Gasteiger partial charge in [-0.05, 0) is 41.8 Å². The van der Waals surface area contributed by atoms with Gasteiger partial charge in [-0.3, -0.25) is 0 Å². The number of phenolic OH excluding ortho intramolecular Hbond substituents is 1. The molecular weight excluding hydrogens is 420 g/mol. The number of benzene rings is 2. The lowest BCUT2D eigenvalue weighted by Crippen LogP contribution is -2.15. The highest BCUT2D eigenvalue weighted by Gasteiger charge is 2.11. The lowest BCUT2D eigenvalue weighted by Gasteiger charge is -2.12. The van der Waals surface area contributed by atoms with Crippen LogP contribution in [0.15, 0.2) is 70.4 Å². The molecule has 28 heavy (non-hydrogen) atoms. The van der Waals surface area contributed by atoms with Gasteiger partial charge >= 0.3 is 0 Å². The van der Waals surface area contributed by atoms with E-state index in [-0.39, 0.29) is 12.4 Å². The van der Waals surface area contributed by atoms with Crippen molar-refractivity contribution in [3.63, 3.8) is 0 Å². The minimum atomic E-state index is -0.817. The fourth-order valence-corrected chi connectivity index (χ4v) is 3.15. The molecule has 0 unspecified atom stereocenters. The molecule has 0 radical (unpaired) electrons. The summed E-state index contributed by atoms with van der Waals surface area (Å²) in [5.74, 6) is 0.0646. The van der Waals surface area contributed by atoms with Gasteiger partial charge in [-0.25, -0.2) is 0 Å². The molecule has 0 spiro atoms. The molecule has 0 aliphatic heterocycles. The Morgan fingerprint density at radius 3 is 2.64 bits per heavy atom. The van der Waals surface area contributed by atoms with Gasteiger partial charge in [0.15, 0.2) is 0 Å². The first-order valence-electron chi connectivity index (χ1n) is 9.38. The number of ether oxygens (including phenoxy) is 1. The van der Waals surface area contributed by atoms with Crippen LogP contribution < -0.4 is 0 Å². The highest BCUT2D eigenvalue weighted by molar-refractivity contribution is 9.10. The molecule has 2 atom stereocenters. The standard InChI is InChI=1S/C23H27BrO4/c1-2-17(13-20(25)16-28-15-18-7-4-3-5-8-18)9-6-10-22(26)21-14-19(24)11-12-23(21)27/h3-8,11-12,14,20,22,25-27H,2,10,13,15-16H2,1H3/t9?,20-,22-/m1/s1. The summed E-state index contributed by atoms with van der Waals surface area (Å²) in [5.41, 5.74) is 5.67. The van der Waals surface area contributed by atoms with E-state index in [0.29, 0.717) is 25.0 Å². The molecule has 0 saturated heterocycles. The highest BCUT2D eigenvalue weighted by Crippen LogP contribution is 2.29. The molecule has 150 valence electrons. The molecule has 0 aliphatic carbocycles. The van der Waals surface area contributed by atoms with E-state index < -0.39 is 12.2 Å². The van der Waals surface area contributed by atoms with Crippen LogP contribution in [0.4, 0.5) is 0 Å². The number of rotatable bonds is 10. The predicted octanol–water partition coefficient (Wildman–Crippen LogP) is 5.04. The predicted molar refractivity (Wildman–Crippen MR) is 114 cm³/mol. The van der Waals surface area contributed by atoms with Gasteiger partial charge in [0.2, 0.25) is 0 Å². The van der Waals surface area contributed by atoms with Crippen LogP contribution in [0.2, 0.25) is 0 Å². The zero-order valence-corrected chi connectivity index (χ0v) is 17.6. The van der Waals surface area contributed by atoms with Crippen LogP contribution in [0.1, 0.15) is 43.4 Å². The average Bonchev–Trinajstić information content (AvgIpc) is 2.69. The van der Waals surface area contributed by atoms with Crippen molar-refractivity contribution < 1.29 is 20.1 Å². The lowest BCUT2D eigenvalue weighted by atomic mass is 10.0. The first kappa shape index (κ1) is 22.4. The molecule has 0 fully saturated rings. The SMILES string of the molecule is CCC(=C=CC[C@@H](O)c1cc(Br)ccc1O)C[C@@H](O)COCc1ccccc1. The Balaban J connectivity index is 1.85. The van der Waals surface area contributed by atoms with Gasteiger partial charge in [-0.15, -0.1) is 5.73 Å². The molecule has 4 nitrogen and oxygen atoms in total. The summed E-state index contributed by atoms with van der Waals surface area (Å²) in [6.07, 6.45) is 1.89. The summed E-state index contributed by atoms with van der Waals surface area (Å²) in [4.78, 5) is 0. The fourth-order valence-electron chi connectivity index (χ4n) is 2.77. The van der Waals surface area contributed by atoms with E-state index in [0.717, 1.165) is 22.0 Å². The number of aliphatic hydroxyl groups excluding tert-OH is 2. The van der Waals surface area contributed by atoms with Crippen molar-refractivity contribution in [3.8, 4) is 5.75 Å². The van der Waals surface area contributed by atoms with Gasteiger partial charge < -0.3 is 20.1 Å². The third kappa shape index (κ3) is 7.63. The van der Waals surface area contributed by atoms with E-state index in [1.165, 1.54) is 0 Å². The topological polar surface area (TPSA) is 69.9 Å². The van der Waals surface area contributed by atoms with Gasteiger partial charge in [0, 0.05) is 22.9 Å². The average molecular weight is 447 g/mol. The maximum atomic E-state index is 10.3. The van der Waals surface area contributed by atoms with Gasteiger partial charge in [-0.2, -0.15) is 0 Å². The third-order valence-corrected chi connectivity index (χ3v) is 4.82. The van der Waals surface area contributed by atoms with E-state index in [2.05, 4.69) is 21.7 Å². The Kier molecular flexibility index (Phi) is 9.48. The summed E-state index contributed by atoms with van der Waals surface area (Å²) in [6, 6.07) is 14.8. The summed E-state index contributed by atoms with van der Waals surface area (Å²) in [6.45, 7) is 2.74. The van der Waals surface area contributed by atoms with E-state index in [4.69, 9.17) is 4.74 Å². The Morgan fingerprint density at radius 1 is 1.18 bits per heavy atom. The molecule has 2 rings (SSSR count). The number of hydrogen-bond donors (Lipinski definition) is 3. The highest BCUT2D eigenvalue weighted by atomic mass is 79.9. The van der Waals surface area contributed by atoms with Gasteiger partial charge in [-0.1, -0.05) is 53.2 Å².